The summed E-state index contributed by atoms with van der Waals surface area (Å²) in [5, 5.41) is 2.74. The first-order chi connectivity index (χ1) is 7.37. The zero-order valence-electron chi connectivity index (χ0n) is 8.78. The van der Waals surface area contributed by atoms with Crippen LogP contribution in [-0.2, 0) is 6.42 Å². The van der Waals surface area contributed by atoms with Crippen molar-refractivity contribution in [1.29, 1.82) is 0 Å². The fourth-order valence-corrected chi connectivity index (χ4v) is 2.06. The summed E-state index contributed by atoms with van der Waals surface area (Å²) in [7, 11) is 1.57. The number of nitrogens with one attached hydrogen (secondary N) is 1. The molecule has 2 nitrogen and oxygen atoms in total. The van der Waals surface area contributed by atoms with Crippen molar-refractivity contribution in [3.05, 3.63) is 21.3 Å². The number of halogens is 4. The van der Waals surface area contributed by atoms with Gasteiger partial charge in [0.15, 0.2) is 5.75 Å². The molecule has 0 spiro atoms. The maximum absolute atomic E-state index is 12.2. The largest absolute Gasteiger partial charge is 0.573 e. The summed E-state index contributed by atoms with van der Waals surface area (Å²) in [6.07, 6.45) is -4.03. The van der Waals surface area contributed by atoms with Gasteiger partial charge < -0.3 is 10.1 Å². The Bertz CT molecular complexity index is 379. The topological polar surface area (TPSA) is 21.3 Å². The highest BCUT2D eigenvalue weighted by atomic mass is 127. The van der Waals surface area contributed by atoms with Crippen LogP contribution in [0.3, 0.4) is 0 Å². The maximum atomic E-state index is 12.2. The van der Waals surface area contributed by atoms with Gasteiger partial charge in [-0.3, -0.25) is 0 Å². The normalized spacial score (nSPS) is 11.4. The predicted octanol–water partition coefficient (Wildman–Crippen LogP) is 3.79. The lowest BCUT2D eigenvalue weighted by Crippen LogP contribution is -2.18. The smallest absolute Gasteiger partial charge is 0.404 e. The quantitative estimate of drug-likeness (QED) is 0.842. The molecule has 1 rings (SSSR count). The predicted molar refractivity (Wildman–Crippen MR) is 64.8 cm³/mol. The number of benzene rings is 1. The van der Waals surface area contributed by atoms with Crippen LogP contribution in [0.2, 0.25) is 0 Å². The Kier molecular flexibility index (Phi) is 4.28. The second-order valence-electron chi connectivity index (χ2n) is 3.09. The third-order valence-electron chi connectivity index (χ3n) is 2.01. The summed E-state index contributed by atoms with van der Waals surface area (Å²) < 4.78 is 41.2. The molecule has 0 atom stereocenters. The molecule has 0 unspecified atom stereocenters. The van der Waals surface area contributed by atoms with Crippen LogP contribution in [0.25, 0.3) is 0 Å². The summed E-state index contributed by atoms with van der Waals surface area (Å²) in [5.41, 5.74) is 1.19. The van der Waals surface area contributed by atoms with Gasteiger partial charge in [-0.05, 0) is 46.7 Å². The van der Waals surface area contributed by atoms with Gasteiger partial charge in [0.25, 0.3) is 0 Å². The van der Waals surface area contributed by atoms with Crippen LogP contribution >= 0.6 is 22.6 Å². The van der Waals surface area contributed by atoms with E-state index in [1.54, 1.807) is 7.05 Å². The summed E-state index contributed by atoms with van der Waals surface area (Å²) in [5.74, 6) is -0.182. The lowest BCUT2D eigenvalue weighted by molar-refractivity contribution is -0.274. The van der Waals surface area contributed by atoms with Crippen molar-refractivity contribution in [3.8, 4) is 5.75 Å². The number of hydrogen-bond acceptors (Lipinski definition) is 2. The minimum atomic E-state index is -4.67. The van der Waals surface area contributed by atoms with Crippen LogP contribution < -0.4 is 10.1 Å². The molecule has 0 bridgehead atoms. The lowest BCUT2D eigenvalue weighted by Gasteiger charge is -2.16. The molecule has 0 heterocycles. The van der Waals surface area contributed by atoms with Gasteiger partial charge in [0, 0.05) is 10.6 Å². The van der Waals surface area contributed by atoms with Crippen LogP contribution in [0, 0.1) is 3.57 Å². The van der Waals surface area contributed by atoms with E-state index in [4.69, 9.17) is 0 Å². The average Bonchev–Trinajstić information content (AvgIpc) is 2.14. The van der Waals surface area contributed by atoms with Crippen molar-refractivity contribution in [2.75, 3.05) is 12.4 Å². The van der Waals surface area contributed by atoms with E-state index in [0.29, 0.717) is 15.7 Å². The zero-order valence-corrected chi connectivity index (χ0v) is 10.9. The molecule has 1 aromatic rings. The van der Waals surface area contributed by atoms with Gasteiger partial charge in [-0.25, -0.2) is 0 Å². The van der Waals surface area contributed by atoms with Gasteiger partial charge in [-0.15, -0.1) is 13.2 Å². The molecule has 0 radical (unpaired) electrons. The Balaban J connectivity index is 3.20. The summed E-state index contributed by atoms with van der Waals surface area (Å²) >= 11 is 1.96. The van der Waals surface area contributed by atoms with E-state index in [0.717, 1.165) is 5.56 Å². The van der Waals surface area contributed by atoms with Gasteiger partial charge in [0.1, 0.15) is 0 Å². The number of alkyl halides is 3. The Hall–Kier alpha value is -0.660. The molecule has 0 aliphatic carbocycles. The molecule has 90 valence electrons. The second kappa shape index (κ2) is 5.11. The highest BCUT2D eigenvalue weighted by Gasteiger charge is 2.32. The Morgan fingerprint density at radius 1 is 1.38 bits per heavy atom. The molecule has 0 saturated heterocycles. The first-order valence-electron chi connectivity index (χ1n) is 4.63. The molecule has 0 aromatic heterocycles. The van der Waals surface area contributed by atoms with Crippen molar-refractivity contribution in [3.63, 3.8) is 0 Å². The van der Waals surface area contributed by atoms with Crippen LogP contribution in [-0.4, -0.2) is 13.4 Å². The SMILES string of the molecule is CCc1cc(I)cc(OC(F)(F)F)c1NC. The van der Waals surface area contributed by atoms with Crippen molar-refractivity contribution in [2.24, 2.45) is 0 Å². The van der Waals surface area contributed by atoms with Crippen molar-refractivity contribution >= 4 is 28.3 Å². The molecule has 16 heavy (non-hydrogen) atoms. The maximum Gasteiger partial charge on any atom is 0.573 e. The highest BCUT2D eigenvalue weighted by Crippen LogP contribution is 2.34. The van der Waals surface area contributed by atoms with Crippen molar-refractivity contribution < 1.29 is 17.9 Å². The molecular weight excluding hydrogens is 334 g/mol. The third kappa shape index (κ3) is 3.43. The van der Waals surface area contributed by atoms with Gasteiger partial charge in [-0.1, -0.05) is 6.92 Å². The second-order valence-corrected chi connectivity index (χ2v) is 4.34. The van der Waals surface area contributed by atoms with Crippen LogP contribution in [0.1, 0.15) is 12.5 Å². The Morgan fingerprint density at radius 2 is 2.00 bits per heavy atom. The number of aryl methyl sites for hydroxylation is 1. The van der Waals surface area contributed by atoms with Crippen LogP contribution in [0.15, 0.2) is 12.1 Å². The number of rotatable bonds is 3. The minimum absolute atomic E-state index is 0.182. The number of hydrogen-bond donors (Lipinski definition) is 1. The standard InChI is InChI=1S/C10H11F3INO/c1-3-6-4-7(14)5-8(9(6)15-2)16-10(11,12)13/h4-5,15H,3H2,1-2H3. The van der Waals surface area contributed by atoms with E-state index in [2.05, 4.69) is 10.1 Å². The molecule has 0 amide bonds. The summed E-state index contributed by atoms with van der Waals surface area (Å²) in [4.78, 5) is 0. The van der Waals surface area contributed by atoms with Crippen molar-refractivity contribution in [2.45, 2.75) is 19.7 Å². The summed E-state index contributed by atoms with van der Waals surface area (Å²) in [6, 6.07) is 3.19. The van der Waals surface area contributed by atoms with E-state index < -0.39 is 6.36 Å². The zero-order chi connectivity index (χ0) is 12.3. The minimum Gasteiger partial charge on any atom is -0.404 e. The van der Waals surface area contributed by atoms with E-state index in [1.807, 2.05) is 35.6 Å². The van der Waals surface area contributed by atoms with E-state index in [9.17, 15) is 13.2 Å². The van der Waals surface area contributed by atoms with E-state index in [-0.39, 0.29) is 5.75 Å². The molecule has 1 aromatic carbocycles. The first kappa shape index (κ1) is 13.4. The molecule has 0 saturated carbocycles. The summed E-state index contributed by atoms with van der Waals surface area (Å²) in [6.45, 7) is 1.88. The van der Waals surface area contributed by atoms with Gasteiger partial charge in [-0.2, -0.15) is 0 Å². The Labute approximate surface area is 105 Å². The van der Waals surface area contributed by atoms with Crippen LogP contribution in [0.5, 0.6) is 5.75 Å². The number of ether oxygens (including phenoxy) is 1. The lowest BCUT2D eigenvalue weighted by atomic mass is 10.1. The van der Waals surface area contributed by atoms with Crippen LogP contribution in [0.4, 0.5) is 18.9 Å². The average molecular weight is 345 g/mol. The molecule has 0 fully saturated rings. The van der Waals surface area contributed by atoms with Gasteiger partial charge in [0.05, 0.1) is 5.69 Å². The molecule has 6 heteroatoms. The highest BCUT2D eigenvalue weighted by molar-refractivity contribution is 14.1. The monoisotopic (exact) mass is 345 g/mol. The molecule has 1 N–H and O–H groups in total. The van der Waals surface area contributed by atoms with Gasteiger partial charge in [0.2, 0.25) is 0 Å². The van der Waals surface area contributed by atoms with Gasteiger partial charge >= 0.3 is 6.36 Å². The molecular formula is C10H11F3INO. The fraction of sp³-hybridized carbons (Fsp3) is 0.400. The third-order valence-corrected chi connectivity index (χ3v) is 2.63. The van der Waals surface area contributed by atoms with Crippen molar-refractivity contribution in [1.82, 2.24) is 0 Å². The fourth-order valence-electron chi connectivity index (χ4n) is 1.40. The molecule has 0 aliphatic rings. The van der Waals surface area contributed by atoms with E-state index >= 15 is 0 Å². The number of anilines is 1. The Morgan fingerprint density at radius 3 is 2.44 bits per heavy atom. The molecule has 0 aliphatic heterocycles. The first-order valence-corrected chi connectivity index (χ1v) is 5.71. The van der Waals surface area contributed by atoms with E-state index in [1.165, 1.54) is 6.07 Å².